The van der Waals surface area contributed by atoms with Crippen LogP contribution in [0.3, 0.4) is 0 Å². The molecule has 1 aliphatic carbocycles. The van der Waals surface area contributed by atoms with Crippen LogP contribution in [0, 0.1) is 5.41 Å². The van der Waals surface area contributed by atoms with Crippen molar-refractivity contribution < 1.29 is 0 Å². The number of hydrogen-bond donors (Lipinski definition) is 1. The van der Waals surface area contributed by atoms with E-state index in [1.54, 1.807) is 6.20 Å². The average molecular weight is 269 g/mol. The molecule has 1 N–H and O–H groups in total. The summed E-state index contributed by atoms with van der Waals surface area (Å²) in [6.07, 6.45) is 9.53. The molecule has 0 radical (unpaired) electrons. The molecule has 0 bridgehead atoms. The van der Waals surface area contributed by atoms with Gasteiger partial charge in [0.25, 0.3) is 0 Å². The minimum Gasteiger partial charge on any atom is -0.310 e. The summed E-state index contributed by atoms with van der Waals surface area (Å²) >= 11 is 0. The molecule has 3 nitrogen and oxygen atoms in total. The SMILES string of the molecule is CC1(C)CCC(NCc2ccc(-n3ccnc3)cc2)C1. The van der Waals surface area contributed by atoms with E-state index in [1.807, 2.05) is 17.1 Å². The van der Waals surface area contributed by atoms with Crippen LogP contribution in [0.15, 0.2) is 43.0 Å². The van der Waals surface area contributed by atoms with Crippen LogP contribution >= 0.6 is 0 Å². The minimum atomic E-state index is 0.517. The highest BCUT2D eigenvalue weighted by Crippen LogP contribution is 2.36. The molecule has 1 saturated carbocycles. The van der Waals surface area contributed by atoms with Gasteiger partial charge in [-0.1, -0.05) is 26.0 Å². The zero-order valence-electron chi connectivity index (χ0n) is 12.3. The van der Waals surface area contributed by atoms with Crippen molar-refractivity contribution in [2.75, 3.05) is 0 Å². The average Bonchev–Trinajstić information content (AvgIpc) is 3.06. The van der Waals surface area contributed by atoms with Gasteiger partial charge in [0, 0.05) is 30.7 Å². The first kappa shape index (κ1) is 13.4. The van der Waals surface area contributed by atoms with E-state index in [2.05, 4.69) is 48.4 Å². The Hall–Kier alpha value is -1.61. The van der Waals surface area contributed by atoms with Crippen LogP contribution in [0.1, 0.15) is 38.7 Å². The van der Waals surface area contributed by atoms with Gasteiger partial charge < -0.3 is 9.88 Å². The monoisotopic (exact) mass is 269 g/mol. The summed E-state index contributed by atoms with van der Waals surface area (Å²) in [5, 5.41) is 3.69. The van der Waals surface area contributed by atoms with Crippen molar-refractivity contribution in [1.82, 2.24) is 14.9 Å². The van der Waals surface area contributed by atoms with Crippen molar-refractivity contribution in [3.05, 3.63) is 48.5 Å². The van der Waals surface area contributed by atoms with Gasteiger partial charge in [-0.2, -0.15) is 0 Å². The lowest BCUT2D eigenvalue weighted by Gasteiger charge is -2.18. The number of nitrogens with one attached hydrogen (secondary N) is 1. The van der Waals surface area contributed by atoms with Gasteiger partial charge in [-0.3, -0.25) is 0 Å². The fourth-order valence-electron chi connectivity index (χ4n) is 3.07. The molecule has 0 aliphatic heterocycles. The zero-order chi connectivity index (χ0) is 14.0. The topological polar surface area (TPSA) is 29.9 Å². The fraction of sp³-hybridized carbons (Fsp3) is 0.471. The van der Waals surface area contributed by atoms with E-state index in [0.717, 1.165) is 12.2 Å². The Kier molecular flexibility index (Phi) is 3.62. The third-order valence-corrected chi connectivity index (χ3v) is 4.30. The zero-order valence-corrected chi connectivity index (χ0v) is 12.3. The third-order valence-electron chi connectivity index (χ3n) is 4.30. The van der Waals surface area contributed by atoms with Crippen LogP contribution in [0.4, 0.5) is 0 Å². The third kappa shape index (κ3) is 3.10. The molecule has 0 spiro atoms. The van der Waals surface area contributed by atoms with Gasteiger partial charge in [0.1, 0.15) is 0 Å². The number of aromatic nitrogens is 2. The summed E-state index contributed by atoms with van der Waals surface area (Å²) in [6, 6.07) is 9.37. The van der Waals surface area contributed by atoms with Crippen LogP contribution in [0.25, 0.3) is 5.69 Å². The maximum atomic E-state index is 4.07. The van der Waals surface area contributed by atoms with E-state index < -0.39 is 0 Å². The normalized spacial score (nSPS) is 21.2. The first-order chi connectivity index (χ1) is 9.62. The molecular formula is C17H23N3. The molecule has 2 aromatic rings. The summed E-state index contributed by atoms with van der Waals surface area (Å²) in [6.45, 7) is 5.70. The van der Waals surface area contributed by atoms with Gasteiger partial charge in [0.05, 0.1) is 6.33 Å². The van der Waals surface area contributed by atoms with Gasteiger partial charge >= 0.3 is 0 Å². The molecule has 106 valence electrons. The molecule has 1 fully saturated rings. The van der Waals surface area contributed by atoms with Crippen molar-refractivity contribution >= 4 is 0 Å². The van der Waals surface area contributed by atoms with E-state index in [4.69, 9.17) is 0 Å². The van der Waals surface area contributed by atoms with Crippen LogP contribution in [0.2, 0.25) is 0 Å². The first-order valence-corrected chi connectivity index (χ1v) is 7.43. The van der Waals surface area contributed by atoms with E-state index in [-0.39, 0.29) is 0 Å². The van der Waals surface area contributed by atoms with Crippen molar-refractivity contribution in [3.63, 3.8) is 0 Å². The van der Waals surface area contributed by atoms with Crippen LogP contribution < -0.4 is 5.32 Å². The molecule has 1 unspecified atom stereocenters. The maximum absolute atomic E-state index is 4.07. The highest BCUT2D eigenvalue weighted by molar-refractivity contribution is 5.34. The van der Waals surface area contributed by atoms with E-state index in [1.165, 1.54) is 24.8 Å². The Morgan fingerprint density at radius 2 is 2.10 bits per heavy atom. The van der Waals surface area contributed by atoms with Gasteiger partial charge in [0.15, 0.2) is 0 Å². The Morgan fingerprint density at radius 1 is 1.30 bits per heavy atom. The predicted octanol–water partition coefficient (Wildman–Crippen LogP) is 3.54. The lowest BCUT2D eigenvalue weighted by Crippen LogP contribution is -2.26. The second-order valence-corrected chi connectivity index (χ2v) is 6.62. The predicted molar refractivity (Wildman–Crippen MR) is 81.8 cm³/mol. The molecule has 1 aromatic carbocycles. The second-order valence-electron chi connectivity index (χ2n) is 6.62. The largest absolute Gasteiger partial charge is 0.310 e. The minimum absolute atomic E-state index is 0.517. The van der Waals surface area contributed by atoms with Crippen LogP contribution in [-0.2, 0) is 6.54 Å². The molecule has 1 atom stereocenters. The lowest BCUT2D eigenvalue weighted by molar-refractivity contribution is 0.364. The number of imidazole rings is 1. The van der Waals surface area contributed by atoms with Gasteiger partial charge in [-0.15, -0.1) is 0 Å². The highest BCUT2D eigenvalue weighted by Gasteiger charge is 2.30. The van der Waals surface area contributed by atoms with Crippen molar-refractivity contribution in [2.24, 2.45) is 5.41 Å². The van der Waals surface area contributed by atoms with Crippen molar-refractivity contribution in [3.8, 4) is 5.69 Å². The number of rotatable bonds is 4. The molecule has 1 aromatic heterocycles. The smallest absolute Gasteiger partial charge is 0.0991 e. The quantitative estimate of drug-likeness (QED) is 0.920. The standard InChI is InChI=1S/C17H23N3/c1-17(2)8-7-15(11-17)19-12-14-3-5-16(6-4-14)20-10-9-18-13-20/h3-6,9-10,13,15,19H,7-8,11-12H2,1-2H3. The maximum Gasteiger partial charge on any atom is 0.0991 e. The number of nitrogens with zero attached hydrogens (tertiary/aromatic N) is 2. The van der Waals surface area contributed by atoms with E-state index in [9.17, 15) is 0 Å². The van der Waals surface area contributed by atoms with E-state index >= 15 is 0 Å². The summed E-state index contributed by atoms with van der Waals surface area (Å²) in [4.78, 5) is 4.07. The summed E-state index contributed by atoms with van der Waals surface area (Å²) < 4.78 is 2.02. The van der Waals surface area contributed by atoms with Gasteiger partial charge in [0.2, 0.25) is 0 Å². The Morgan fingerprint density at radius 3 is 2.70 bits per heavy atom. The molecule has 3 rings (SSSR count). The fourth-order valence-corrected chi connectivity index (χ4v) is 3.07. The Bertz CT molecular complexity index is 540. The van der Waals surface area contributed by atoms with Crippen LogP contribution in [0.5, 0.6) is 0 Å². The molecular weight excluding hydrogens is 246 g/mol. The second kappa shape index (κ2) is 5.41. The molecule has 0 saturated heterocycles. The first-order valence-electron chi connectivity index (χ1n) is 7.43. The lowest BCUT2D eigenvalue weighted by atomic mass is 9.92. The Labute approximate surface area is 121 Å². The number of hydrogen-bond acceptors (Lipinski definition) is 2. The summed E-state index contributed by atoms with van der Waals surface area (Å²) in [7, 11) is 0. The molecule has 1 heterocycles. The van der Waals surface area contributed by atoms with Crippen molar-refractivity contribution in [1.29, 1.82) is 0 Å². The van der Waals surface area contributed by atoms with Crippen LogP contribution in [-0.4, -0.2) is 15.6 Å². The van der Waals surface area contributed by atoms with Crippen molar-refractivity contribution in [2.45, 2.75) is 45.7 Å². The summed E-state index contributed by atoms with van der Waals surface area (Å²) in [5.74, 6) is 0. The van der Waals surface area contributed by atoms with Gasteiger partial charge in [-0.05, 0) is 42.4 Å². The molecule has 0 amide bonds. The summed E-state index contributed by atoms with van der Waals surface area (Å²) in [5.41, 5.74) is 3.02. The molecule has 20 heavy (non-hydrogen) atoms. The highest BCUT2D eigenvalue weighted by atomic mass is 15.0. The van der Waals surface area contributed by atoms with Gasteiger partial charge in [-0.25, -0.2) is 4.98 Å². The molecule has 1 aliphatic rings. The number of benzene rings is 1. The van der Waals surface area contributed by atoms with E-state index in [0.29, 0.717) is 11.5 Å². The Balaban J connectivity index is 1.56. The molecule has 3 heteroatoms.